The lowest BCUT2D eigenvalue weighted by Gasteiger charge is -2.16. The number of hydrogen-bond donors (Lipinski definition) is 1. The summed E-state index contributed by atoms with van der Waals surface area (Å²) in [6, 6.07) is 9.13. The smallest absolute Gasteiger partial charge is 0.223 e. The normalized spacial score (nSPS) is 18.7. The van der Waals surface area contributed by atoms with Crippen molar-refractivity contribution in [2.24, 2.45) is 11.7 Å². The molecule has 1 aliphatic heterocycles. The molecule has 1 saturated heterocycles. The highest BCUT2D eigenvalue weighted by Gasteiger charge is 2.32. The van der Waals surface area contributed by atoms with Crippen LogP contribution in [0.2, 0.25) is 0 Å². The van der Waals surface area contributed by atoms with Gasteiger partial charge in [0.15, 0.2) is 0 Å². The van der Waals surface area contributed by atoms with Crippen LogP contribution >= 0.6 is 0 Å². The molecule has 0 bridgehead atoms. The van der Waals surface area contributed by atoms with Gasteiger partial charge in [-0.2, -0.15) is 5.26 Å². The van der Waals surface area contributed by atoms with Crippen molar-refractivity contribution in [3.05, 3.63) is 35.4 Å². The van der Waals surface area contributed by atoms with Gasteiger partial charge in [-0.05, 0) is 17.7 Å². The molecule has 1 aromatic rings. The molecule has 1 unspecified atom stereocenters. The fourth-order valence-corrected chi connectivity index (χ4v) is 2.08. The van der Waals surface area contributed by atoms with Crippen molar-refractivity contribution in [2.75, 3.05) is 6.54 Å². The molecule has 0 aliphatic carbocycles. The molecule has 0 aromatic heterocycles. The number of rotatable bonds is 3. The van der Waals surface area contributed by atoms with E-state index in [4.69, 9.17) is 11.0 Å². The molecule has 1 aromatic carbocycles. The number of benzene rings is 1. The summed E-state index contributed by atoms with van der Waals surface area (Å²) >= 11 is 0. The third-order valence-electron chi connectivity index (χ3n) is 3.05. The summed E-state index contributed by atoms with van der Waals surface area (Å²) in [6.07, 6.45) is 0.188. The molecule has 0 spiro atoms. The molecule has 1 heterocycles. The Kier molecular flexibility index (Phi) is 3.28. The summed E-state index contributed by atoms with van der Waals surface area (Å²) in [5, 5.41) is 8.80. The van der Waals surface area contributed by atoms with Crippen LogP contribution in [0.4, 0.5) is 0 Å². The van der Waals surface area contributed by atoms with E-state index < -0.39 is 11.8 Å². The highest BCUT2D eigenvalue weighted by atomic mass is 16.2. The first-order valence-corrected chi connectivity index (χ1v) is 5.66. The zero-order valence-electron chi connectivity index (χ0n) is 9.80. The molecule has 1 fully saturated rings. The van der Waals surface area contributed by atoms with E-state index in [0.29, 0.717) is 18.7 Å². The monoisotopic (exact) mass is 243 g/mol. The zero-order valence-corrected chi connectivity index (χ0v) is 9.80. The molecule has 5 nitrogen and oxygen atoms in total. The minimum Gasteiger partial charge on any atom is -0.369 e. The number of nitrogens with two attached hydrogens (primary N) is 1. The third-order valence-corrected chi connectivity index (χ3v) is 3.05. The van der Waals surface area contributed by atoms with Gasteiger partial charge < -0.3 is 10.6 Å². The summed E-state index contributed by atoms with van der Waals surface area (Å²) < 4.78 is 0. The van der Waals surface area contributed by atoms with Crippen LogP contribution in [-0.4, -0.2) is 23.3 Å². The van der Waals surface area contributed by atoms with Crippen LogP contribution in [0, 0.1) is 17.2 Å². The Morgan fingerprint density at radius 1 is 1.56 bits per heavy atom. The molecule has 1 atom stereocenters. The largest absolute Gasteiger partial charge is 0.369 e. The number of nitrogens with zero attached hydrogens (tertiary/aromatic N) is 2. The summed E-state index contributed by atoms with van der Waals surface area (Å²) in [7, 11) is 0. The Balaban J connectivity index is 2.08. The first-order chi connectivity index (χ1) is 8.60. The van der Waals surface area contributed by atoms with E-state index in [-0.39, 0.29) is 12.3 Å². The lowest BCUT2D eigenvalue weighted by molar-refractivity contribution is -0.128. The van der Waals surface area contributed by atoms with E-state index in [9.17, 15) is 9.59 Å². The molecule has 2 N–H and O–H groups in total. The maximum atomic E-state index is 11.7. The molecular weight excluding hydrogens is 230 g/mol. The fraction of sp³-hybridized carbons (Fsp3) is 0.308. The fourth-order valence-electron chi connectivity index (χ4n) is 2.08. The Bertz CT molecular complexity index is 533. The van der Waals surface area contributed by atoms with Crippen molar-refractivity contribution in [1.29, 1.82) is 5.26 Å². The van der Waals surface area contributed by atoms with Crippen molar-refractivity contribution in [1.82, 2.24) is 4.90 Å². The van der Waals surface area contributed by atoms with Crippen molar-refractivity contribution in [3.8, 4) is 6.07 Å². The third kappa shape index (κ3) is 2.48. The number of primary amides is 1. The second-order valence-electron chi connectivity index (χ2n) is 4.39. The minimum absolute atomic E-state index is 0.0684. The van der Waals surface area contributed by atoms with Gasteiger partial charge in [0, 0.05) is 19.5 Å². The Labute approximate surface area is 105 Å². The number of hydrogen-bond acceptors (Lipinski definition) is 3. The van der Waals surface area contributed by atoms with E-state index in [1.807, 2.05) is 6.07 Å². The van der Waals surface area contributed by atoms with E-state index >= 15 is 0 Å². The SMILES string of the molecule is N#Cc1cccc(CN2CC(C(N)=O)CC2=O)c1. The first kappa shape index (κ1) is 12.1. The van der Waals surface area contributed by atoms with Gasteiger partial charge in [-0.15, -0.1) is 0 Å². The second-order valence-corrected chi connectivity index (χ2v) is 4.39. The molecule has 0 radical (unpaired) electrons. The predicted molar refractivity (Wildman–Crippen MR) is 63.9 cm³/mol. The topological polar surface area (TPSA) is 87.2 Å². The first-order valence-electron chi connectivity index (χ1n) is 5.66. The predicted octanol–water partition coefficient (Wildman–Crippen LogP) is 0.392. The molecule has 2 rings (SSSR count). The average Bonchev–Trinajstić information content (AvgIpc) is 2.71. The summed E-state index contributed by atoms with van der Waals surface area (Å²) in [5.74, 6) is -0.894. The molecule has 92 valence electrons. The van der Waals surface area contributed by atoms with E-state index in [2.05, 4.69) is 6.07 Å². The number of carbonyl (C=O) groups excluding carboxylic acids is 2. The molecule has 1 aliphatic rings. The van der Waals surface area contributed by atoms with Gasteiger partial charge in [-0.3, -0.25) is 9.59 Å². The molecule has 0 saturated carbocycles. The van der Waals surface area contributed by atoms with Crippen LogP contribution in [0.1, 0.15) is 17.5 Å². The Morgan fingerprint density at radius 3 is 2.94 bits per heavy atom. The number of nitriles is 1. The van der Waals surface area contributed by atoms with Crippen LogP contribution in [0.3, 0.4) is 0 Å². The van der Waals surface area contributed by atoms with E-state index in [1.54, 1.807) is 23.1 Å². The van der Waals surface area contributed by atoms with Gasteiger partial charge in [0.2, 0.25) is 11.8 Å². The van der Waals surface area contributed by atoms with Gasteiger partial charge in [-0.25, -0.2) is 0 Å². The van der Waals surface area contributed by atoms with Crippen molar-refractivity contribution in [3.63, 3.8) is 0 Å². The van der Waals surface area contributed by atoms with Gasteiger partial charge in [-0.1, -0.05) is 12.1 Å². The van der Waals surface area contributed by atoms with Crippen LogP contribution < -0.4 is 5.73 Å². The van der Waals surface area contributed by atoms with Crippen LogP contribution in [0.25, 0.3) is 0 Å². The maximum absolute atomic E-state index is 11.7. The van der Waals surface area contributed by atoms with Crippen molar-refractivity contribution < 1.29 is 9.59 Å². The lowest BCUT2D eigenvalue weighted by Crippen LogP contribution is -2.28. The molecular formula is C13H13N3O2. The van der Waals surface area contributed by atoms with Gasteiger partial charge in [0.1, 0.15) is 0 Å². The summed E-state index contributed by atoms with van der Waals surface area (Å²) in [5.41, 5.74) is 6.64. The summed E-state index contributed by atoms with van der Waals surface area (Å²) in [6.45, 7) is 0.781. The maximum Gasteiger partial charge on any atom is 0.223 e. The molecule has 18 heavy (non-hydrogen) atoms. The zero-order chi connectivity index (χ0) is 13.1. The number of likely N-dealkylation sites (tertiary alicyclic amines) is 1. The van der Waals surface area contributed by atoms with Crippen molar-refractivity contribution >= 4 is 11.8 Å². The highest BCUT2D eigenvalue weighted by Crippen LogP contribution is 2.20. The standard InChI is InChI=1S/C13H13N3O2/c14-6-9-2-1-3-10(4-9)7-16-8-11(13(15)18)5-12(16)17/h1-4,11H,5,7-8H2,(H2,15,18). The Morgan fingerprint density at radius 2 is 2.33 bits per heavy atom. The van der Waals surface area contributed by atoms with Gasteiger partial charge >= 0.3 is 0 Å². The van der Waals surface area contributed by atoms with Gasteiger partial charge in [0.05, 0.1) is 17.6 Å². The highest BCUT2D eigenvalue weighted by molar-refractivity contribution is 5.88. The average molecular weight is 243 g/mol. The lowest BCUT2D eigenvalue weighted by atomic mass is 10.1. The van der Waals surface area contributed by atoms with Crippen LogP contribution in [0.5, 0.6) is 0 Å². The molecule has 2 amide bonds. The quantitative estimate of drug-likeness (QED) is 0.833. The van der Waals surface area contributed by atoms with Crippen LogP contribution in [0.15, 0.2) is 24.3 Å². The van der Waals surface area contributed by atoms with Crippen LogP contribution in [-0.2, 0) is 16.1 Å². The summed E-state index contributed by atoms with van der Waals surface area (Å²) in [4.78, 5) is 24.4. The molecule has 5 heteroatoms. The second kappa shape index (κ2) is 4.88. The van der Waals surface area contributed by atoms with E-state index in [0.717, 1.165) is 5.56 Å². The minimum atomic E-state index is -0.434. The Hall–Kier alpha value is -2.35. The van der Waals surface area contributed by atoms with Gasteiger partial charge in [0.25, 0.3) is 0 Å². The number of amides is 2. The van der Waals surface area contributed by atoms with E-state index in [1.165, 1.54) is 0 Å². The number of carbonyl (C=O) groups is 2. The van der Waals surface area contributed by atoms with Crippen molar-refractivity contribution in [2.45, 2.75) is 13.0 Å².